The number of thiophene rings is 6. The smallest absolute Gasteiger partial charge is 0.124 e. The van der Waals surface area contributed by atoms with Crippen molar-refractivity contribution in [2.45, 2.75) is 0 Å². The van der Waals surface area contributed by atoms with Crippen molar-refractivity contribution in [1.29, 1.82) is 0 Å². The van der Waals surface area contributed by atoms with E-state index in [4.69, 9.17) is 4.98 Å². The first-order valence-corrected chi connectivity index (χ1v) is 18.8. The molecule has 8 aromatic rings. The van der Waals surface area contributed by atoms with Gasteiger partial charge in [0, 0.05) is 46.0 Å². The van der Waals surface area contributed by atoms with Crippen LogP contribution < -0.4 is 0 Å². The predicted octanol–water partition coefficient (Wildman–Crippen LogP) is 13.2. The van der Waals surface area contributed by atoms with Gasteiger partial charge in [-0.25, -0.2) is 4.98 Å². The summed E-state index contributed by atoms with van der Waals surface area (Å²) in [6.07, 6.45) is 0. The molecule has 0 radical (unpaired) electrons. The second-order valence-corrected chi connectivity index (χ2v) is 16.1. The highest BCUT2D eigenvalue weighted by molar-refractivity contribution is 7.27. The molecule has 198 valence electrons. The van der Waals surface area contributed by atoms with Crippen molar-refractivity contribution in [3.63, 3.8) is 0 Å². The van der Waals surface area contributed by atoms with Gasteiger partial charge in [0.15, 0.2) is 0 Å². The summed E-state index contributed by atoms with van der Waals surface area (Å²) in [5, 5.41) is 9.72. The molecule has 0 atom stereocenters. The van der Waals surface area contributed by atoms with Gasteiger partial charge < -0.3 is 0 Å². The average Bonchev–Trinajstić information content (AvgIpc) is 3.86. The Morgan fingerprint density at radius 3 is 1.46 bits per heavy atom. The first-order valence-electron chi connectivity index (χ1n) is 12.8. The number of benzene rings is 1. The molecule has 0 amide bonds. The van der Waals surface area contributed by atoms with Crippen LogP contribution >= 0.6 is 79.4 Å². The first kappa shape index (κ1) is 25.7. The number of hydrogen-bond acceptors (Lipinski definition) is 8. The van der Waals surface area contributed by atoms with Gasteiger partial charge in [-0.15, -0.1) is 79.4 Å². The summed E-state index contributed by atoms with van der Waals surface area (Å²) in [6, 6.07) is 32.9. The van der Waals surface area contributed by atoms with Crippen molar-refractivity contribution in [3.8, 4) is 71.3 Å². The van der Waals surface area contributed by atoms with Gasteiger partial charge >= 0.3 is 0 Å². The molecule has 8 rings (SSSR count). The maximum absolute atomic E-state index is 5.43. The number of rotatable bonds is 7. The predicted molar refractivity (Wildman–Crippen MR) is 187 cm³/mol. The van der Waals surface area contributed by atoms with E-state index in [1.807, 2.05) is 34.0 Å². The number of thiazole rings is 1. The molecule has 8 heteroatoms. The standard InChI is InChI=1S/C33H19NS7/c1-2-8-20(9-3-1)33-34-29(21-18-27(23-10-4-14-35-23)39-30(21)25-12-6-16-37-25)32(41-33)22-19-28(24-11-5-15-36-24)40-31(22)26-13-7-17-38-26/h1-19H. The van der Waals surface area contributed by atoms with E-state index < -0.39 is 0 Å². The lowest BCUT2D eigenvalue weighted by molar-refractivity contribution is 1.41. The summed E-state index contributed by atoms with van der Waals surface area (Å²) < 4.78 is 0. The SMILES string of the molecule is c1ccc(-c2nc(-c3cc(-c4cccs4)sc3-c3cccs3)c(-c3cc(-c4cccs4)sc3-c3cccs3)s2)cc1. The number of nitrogens with zero attached hydrogens (tertiary/aromatic N) is 1. The van der Waals surface area contributed by atoms with Crippen molar-refractivity contribution in [1.82, 2.24) is 4.98 Å². The molecule has 7 heterocycles. The molecule has 0 unspecified atom stereocenters. The minimum Gasteiger partial charge on any atom is -0.235 e. The third kappa shape index (κ3) is 4.83. The summed E-state index contributed by atoms with van der Waals surface area (Å²) >= 11 is 12.8. The van der Waals surface area contributed by atoms with E-state index in [1.165, 1.54) is 55.0 Å². The molecule has 0 spiro atoms. The highest BCUT2D eigenvalue weighted by Gasteiger charge is 2.26. The fraction of sp³-hybridized carbons (Fsp3) is 0. The Labute approximate surface area is 266 Å². The number of aromatic nitrogens is 1. The van der Waals surface area contributed by atoms with Crippen LogP contribution in [0.25, 0.3) is 71.3 Å². The van der Waals surface area contributed by atoms with Crippen LogP contribution in [-0.2, 0) is 0 Å². The van der Waals surface area contributed by atoms with Crippen LogP contribution in [0.4, 0.5) is 0 Å². The third-order valence-electron chi connectivity index (χ3n) is 6.63. The third-order valence-corrected chi connectivity index (χ3v) is 14.3. The number of hydrogen-bond donors (Lipinski definition) is 0. The molecule has 0 N–H and O–H groups in total. The zero-order chi connectivity index (χ0) is 27.2. The van der Waals surface area contributed by atoms with E-state index in [9.17, 15) is 0 Å². The Hall–Kier alpha value is -2.95. The van der Waals surface area contributed by atoms with Crippen LogP contribution in [0.1, 0.15) is 0 Å². The lowest BCUT2D eigenvalue weighted by Gasteiger charge is -2.04. The lowest BCUT2D eigenvalue weighted by atomic mass is 10.1. The fourth-order valence-corrected chi connectivity index (χ4v) is 11.7. The van der Waals surface area contributed by atoms with Gasteiger partial charge in [0.1, 0.15) is 5.01 Å². The van der Waals surface area contributed by atoms with Crippen LogP contribution in [0, 0.1) is 0 Å². The zero-order valence-corrected chi connectivity index (χ0v) is 27.0. The van der Waals surface area contributed by atoms with E-state index in [-0.39, 0.29) is 0 Å². The highest BCUT2D eigenvalue weighted by atomic mass is 32.1. The van der Waals surface area contributed by atoms with E-state index in [0.29, 0.717) is 0 Å². The Bertz CT molecular complexity index is 1890. The molecule has 0 saturated carbocycles. The first-order chi connectivity index (χ1) is 20.3. The maximum atomic E-state index is 5.43. The molecule has 1 aromatic carbocycles. The van der Waals surface area contributed by atoms with Crippen LogP contribution in [-0.4, -0.2) is 4.98 Å². The van der Waals surface area contributed by atoms with E-state index in [2.05, 4.69) is 113 Å². The molecular formula is C33H19NS7. The molecule has 0 aliphatic carbocycles. The largest absolute Gasteiger partial charge is 0.235 e. The Kier molecular flexibility index (Phi) is 6.93. The Morgan fingerprint density at radius 2 is 0.927 bits per heavy atom. The van der Waals surface area contributed by atoms with Gasteiger partial charge in [-0.2, -0.15) is 0 Å². The summed E-state index contributed by atoms with van der Waals surface area (Å²) in [4.78, 5) is 17.1. The maximum Gasteiger partial charge on any atom is 0.124 e. The normalized spacial score (nSPS) is 11.4. The lowest BCUT2D eigenvalue weighted by Crippen LogP contribution is -1.83. The monoisotopic (exact) mass is 653 g/mol. The molecule has 1 nitrogen and oxygen atoms in total. The van der Waals surface area contributed by atoms with Crippen molar-refractivity contribution in [3.05, 3.63) is 113 Å². The van der Waals surface area contributed by atoms with Gasteiger partial charge in [-0.05, 0) is 57.9 Å². The van der Waals surface area contributed by atoms with Gasteiger partial charge in [0.25, 0.3) is 0 Å². The molecular weight excluding hydrogens is 635 g/mol. The van der Waals surface area contributed by atoms with E-state index in [1.54, 1.807) is 45.3 Å². The van der Waals surface area contributed by atoms with Crippen molar-refractivity contribution >= 4 is 79.4 Å². The average molecular weight is 654 g/mol. The quantitative estimate of drug-likeness (QED) is 0.167. The molecule has 41 heavy (non-hydrogen) atoms. The van der Waals surface area contributed by atoms with Crippen molar-refractivity contribution in [2.75, 3.05) is 0 Å². The summed E-state index contributed by atoms with van der Waals surface area (Å²) in [7, 11) is 0. The van der Waals surface area contributed by atoms with Crippen molar-refractivity contribution in [2.24, 2.45) is 0 Å². The fourth-order valence-electron chi connectivity index (χ4n) is 4.78. The molecule has 0 bridgehead atoms. The topological polar surface area (TPSA) is 12.9 Å². The van der Waals surface area contributed by atoms with Gasteiger partial charge in [0.2, 0.25) is 0 Å². The highest BCUT2D eigenvalue weighted by Crippen LogP contribution is 2.54. The van der Waals surface area contributed by atoms with Gasteiger partial charge in [-0.1, -0.05) is 54.6 Å². The van der Waals surface area contributed by atoms with Crippen LogP contribution in [0.3, 0.4) is 0 Å². The Morgan fingerprint density at radius 1 is 0.415 bits per heavy atom. The summed E-state index contributed by atoms with van der Waals surface area (Å²) in [6.45, 7) is 0. The van der Waals surface area contributed by atoms with Crippen LogP contribution in [0.15, 0.2) is 113 Å². The minimum atomic E-state index is 1.05. The van der Waals surface area contributed by atoms with Crippen molar-refractivity contribution < 1.29 is 0 Å². The molecule has 0 fully saturated rings. The van der Waals surface area contributed by atoms with Crippen LogP contribution in [0.5, 0.6) is 0 Å². The second kappa shape index (κ2) is 11.0. The zero-order valence-electron chi connectivity index (χ0n) is 21.3. The minimum absolute atomic E-state index is 1.05. The molecule has 0 aliphatic rings. The van der Waals surface area contributed by atoms with E-state index in [0.717, 1.165) is 16.3 Å². The molecule has 0 saturated heterocycles. The Balaban J connectivity index is 1.40. The molecule has 0 aliphatic heterocycles. The second-order valence-electron chi connectivity index (χ2n) is 9.18. The van der Waals surface area contributed by atoms with E-state index >= 15 is 0 Å². The van der Waals surface area contributed by atoms with Gasteiger partial charge in [0.05, 0.1) is 20.3 Å². The summed E-state index contributed by atoms with van der Waals surface area (Å²) in [5.41, 5.74) is 4.72. The molecule has 7 aromatic heterocycles. The van der Waals surface area contributed by atoms with Gasteiger partial charge in [-0.3, -0.25) is 0 Å². The van der Waals surface area contributed by atoms with Crippen LogP contribution in [0.2, 0.25) is 0 Å². The summed E-state index contributed by atoms with van der Waals surface area (Å²) in [5.74, 6) is 0.